The van der Waals surface area contributed by atoms with Gasteiger partial charge in [0.2, 0.25) is 0 Å². The number of esters is 1. The minimum absolute atomic E-state index is 0.00473. The molecular formula is C17H24BrN2O6P. The zero-order valence-corrected chi connectivity index (χ0v) is 17.9. The average Bonchev–Trinajstić information content (AvgIpc) is 2.57. The number of hydrogen-bond donors (Lipinski definition) is 2. The second kappa shape index (κ2) is 8.73. The van der Waals surface area contributed by atoms with Crippen molar-refractivity contribution >= 4 is 35.5 Å². The first-order valence-corrected chi connectivity index (χ1v) is 11.1. The highest BCUT2D eigenvalue weighted by atomic mass is 79.9. The van der Waals surface area contributed by atoms with Crippen molar-refractivity contribution in [3.05, 3.63) is 33.8 Å². The van der Waals surface area contributed by atoms with E-state index in [9.17, 15) is 23.9 Å². The Bertz CT molecular complexity index is 766. The predicted molar refractivity (Wildman–Crippen MR) is 103 cm³/mol. The molecule has 0 aromatic heterocycles. The smallest absolute Gasteiger partial charge is 0.344 e. The monoisotopic (exact) mass is 462 g/mol. The number of nitrogens with zero attached hydrogens (tertiary/aromatic N) is 2. The third-order valence-corrected chi connectivity index (χ3v) is 5.43. The van der Waals surface area contributed by atoms with E-state index in [0.29, 0.717) is 0 Å². The number of ether oxygens (including phenoxy) is 1. The minimum Gasteiger partial charge on any atom is -0.467 e. The van der Waals surface area contributed by atoms with Crippen LogP contribution in [0.25, 0.3) is 0 Å². The Morgan fingerprint density at radius 1 is 1.37 bits per heavy atom. The van der Waals surface area contributed by atoms with Gasteiger partial charge >= 0.3 is 19.6 Å². The van der Waals surface area contributed by atoms with Crippen LogP contribution in [-0.2, 0) is 27.1 Å². The molecule has 150 valence electrons. The zero-order valence-electron chi connectivity index (χ0n) is 15.5. The SMILES string of the molecule is COC(=O)[C@@H]1Cc2cc(Br)ccc2CN1C(=O)N(CC(C)C)CP(=O)(O)O. The molecule has 1 aromatic rings. The van der Waals surface area contributed by atoms with Crippen molar-refractivity contribution in [1.82, 2.24) is 9.80 Å². The predicted octanol–water partition coefficient (Wildman–Crippen LogP) is 2.56. The number of hydrogen-bond acceptors (Lipinski definition) is 4. The van der Waals surface area contributed by atoms with Gasteiger partial charge in [-0.15, -0.1) is 0 Å². The maximum atomic E-state index is 13.1. The van der Waals surface area contributed by atoms with Gasteiger partial charge in [0, 0.05) is 24.0 Å². The van der Waals surface area contributed by atoms with Crippen LogP contribution in [0.4, 0.5) is 4.79 Å². The fourth-order valence-corrected chi connectivity index (χ4v) is 4.23. The molecule has 27 heavy (non-hydrogen) atoms. The molecule has 2 N–H and O–H groups in total. The highest BCUT2D eigenvalue weighted by molar-refractivity contribution is 9.10. The molecule has 1 atom stereocenters. The van der Waals surface area contributed by atoms with E-state index in [1.807, 2.05) is 32.0 Å². The van der Waals surface area contributed by atoms with Gasteiger partial charge in [0.05, 0.1) is 7.11 Å². The standard InChI is InChI=1S/C17H24BrN2O6P/c1-11(2)8-19(10-27(23,24)25)17(22)20-9-12-4-5-14(18)6-13(12)7-15(20)16(21)26-3/h4-6,11,15H,7-10H2,1-3H3,(H2,23,24,25)/t15-/m0/s1. The molecule has 0 spiro atoms. The highest BCUT2D eigenvalue weighted by Gasteiger charge is 2.38. The highest BCUT2D eigenvalue weighted by Crippen LogP contribution is 2.36. The van der Waals surface area contributed by atoms with Gasteiger partial charge in [0.25, 0.3) is 0 Å². The van der Waals surface area contributed by atoms with E-state index < -0.39 is 31.9 Å². The number of benzene rings is 1. The summed E-state index contributed by atoms with van der Waals surface area (Å²) in [4.78, 5) is 46.6. The fraction of sp³-hybridized carbons (Fsp3) is 0.529. The largest absolute Gasteiger partial charge is 0.467 e. The molecule has 0 radical (unpaired) electrons. The number of halogens is 1. The Morgan fingerprint density at radius 2 is 2.04 bits per heavy atom. The van der Waals surface area contributed by atoms with Crippen molar-refractivity contribution in [1.29, 1.82) is 0 Å². The van der Waals surface area contributed by atoms with Gasteiger partial charge in [-0.1, -0.05) is 35.8 Å². The third kappa shape index (κ3) is 5.78. The van der Waals surface area contributed by atoms with Crippen molar-refractivity contribution in [2.24, 2.45) is 5.92 Å². The van der Waals surface area contributed by atoms with Gasteiger partial charge in [-0.2, -0.15) is 0 Å². The normalized spacial score (nSPS) is 16.9. The molecule has 1 heterocycles. The molecule has 0 unspecified atom stereocenters. The molecule has 10 heteroatoms. The fourth-order valence-electron chi connectivity index (χ4n) is 3.14. The van der Waals surface area contributed by atoms with Crippen molar-refractivity contribution in [2.75, 3.05) is 19.9 Å². The Balaban J connectivity index is 2.37. The molecule has 0 saturated carbocycles. The first kappa shape index (κ1) is 21.9. The first-order chi connectivity index (χ1) is 12.5. The number of carbonyl (C=O) groups excluding carboxylic acids is 2. The van der Waals surface area contributed by atoms with E-state index in [4.69, 9.17) is 4.74 Å². The lowest BCUT2D eigenvalue weighted by Gasteiger charge is -2.39. The molecule has 1 aliphatic heterocycles. The van der Waals surface area contributed by atoms with Gasteiger partial charge in [0.1, 0.15) is 12.3 Å². The summed E-state index contributed by atoms with van der Waals surface area (Å²) >= 11 is 3.40. The maximum absolute atomic E-state index is 13.1. The summed E-state index contributed by atoms with van der Waals surface area (Å²) in [6.45, 7) is 4.03. The molecule has 0 aliphatic carbocycles. The summed E-state index contributed by atoms with van der Waals surface area (Å²) in [7, 11) is -3.20. The number of fused-ring (bicyclic) bond motifs is 1. The Hall–Kier alpha value is -1.41. The number of amides is 2. The molecule has 1 aromatic carbocycles. The summed E-state index contributed by atoms with van der Waals surface area (Å²) in [6, 6.07) is 4.17. The molecule has 0 saturated heterocycles. The van der Waals surface area contributed by atoms with Crippen LogP contribution >= 0.6 is 23.5 Å². The summed E-state index contributed by atoms with van der Waals surface area (Å²) in [5.41, 5.74) is 1.81. The molecule has 8 nitrogen and oxygen atoms in total. The lowest BCUT2D eigenvalue weighted by atomic mass is 9.94. The van der Waals surface area contributed by atoms with Crippen LogP contribution in [-0.4, -0.2) is 57.6 Å². The number of carbonyl (C=O) groups is 2. The van der Waals surface area contributed by atoms with Gasteiger partial charge < -0.3 is 24.3 Å². The van der Waals surface area contributed by atoms with Crippen molar-refractivity contribution in [3.63, 3.8) is 0 Å². The lowest BCUT2D eigenvalue weighted by Crippen LogP contribution is -2.54. The molecule has 2 rings (SSSR count). The van der Waals surface area contributed by atoms with E-state index >= 15 is 0 Å². The topological polar surface area (TPSA) is 107 Å². The summed E-state index contributed by atoms with van der Waals surface area (Å²) in [5.74, 6) is -0.556. The molecule has 2 amide bonds. The van der Waals surface area contributed by atoms with Crippen molar-refractivity contribution in [2.45, 2.75) is 32.9 Å². The van der Waals surface area contributed by atoms with Gasteiger partial charge in [0.15, 0.2) is 0 Å². The lowest BCUT2D eigenvalue weighted by molar-refractivity contribution is -0.146. The second-order valence-corrected chi connectivity index (χ2v) is 9.52. The van der Waals surface area contributed by atoms with E-state index in [0.717, 1.165) is 20.5 Å². The molecular weight excluding hydrogens is 439 g/mol. The van der Waals surface area contributed by atoms with Crippen LogP contribution in [0.2, 0.25) is 0 Å². The molecule has 0 bridgehead atoms. The van der Waals surface area contributed by atoms with Gasteiger partial charge in [-0.3, -0.25) is 4.57 Å². The average molecular weight is 463 g/mol. The van der Waals surface area contributed by atoms with Crippen LogP contribution in [0.3, 0.4) is 0 Å². The minimum atomic E-state index is -4.45. The van der Waals surface area contributed by atoms with E-state index in [1.165, 1.54) is 12.0 Å². The van der Waals surface area contributed by atoms with Crippen LogP contribution < -0.4 is 0 Å². The van der Waals surface area contributed by atoms with Crippen LogP contribution in [0.1, 0.15) is 25.0 Å². The first-order valence-electron chi connectivity index (χ1n) is 8.47. The Morgan fingerprint density at radius 3 is 2.59 bits per heavy atom. The van der Waals surface area contributed by atoms with Crippen LogP contribution in [0, 0.1) is 5.92 Å². The molecule has 0 fully saturated rings. The van der Waals surface area contributed by atoms with Crippen molar-refractivity contribution < 1.29 is 28.7 Å². The quantitative estimate of drug-likeness (QED) is 0.514. The van der Waals surface area contributed by atoms with E-state index in [2.05, 4.69) is 15.9 Å². The zero-order chi connectivity index (χ0) is 20.4. The van der Waals surface area contributed by atoms with Crippen LogP contribution in [0.5, 0.6) is 0 Å². The van der Waals surface area contributed by atoms with E-state index in [1.54, 1.807) is 0 Å². The summed E-state index contributed by atoms with van der Waals surface area (Å²) in [6.07, 6.45) is -0.416. The van der Waals surface area contributed by atoms with Gasteiger partial charge in [-0.25, -0.2) is 9.59 Å². The number of methoxy groups -OCH3 is 1. The third-order valence-electron chi connectivity index (χ3n) is 4.23. The Labute approximate surface area is 166 Å². The Kier molecular flexibility index (Phi) is 7.08. The van der Waals surface area contributed by atoms with E-state index in [-0.39, 0.29) is 25.4 Å². The number of rotatable bonds is 5. The van der Waals surface area contributed by atoms with Crippen LogP contribution in [0.15, 0.2) is 22.7 Å². The summed E-state index contributed by atoms with van der Waals surface area (Å²) < 4.78 is 17.2. The van der Waals surface area contributed by atoms with Crippen molar-refractivity contribution in [3.8, 4) is 0 Å². The van der Waals surface area contributed by atoms with Gasteiger partial charge in [-0.05, 0) is 29.2 Å². The number of urea groups is 1. The second-order valence-electron chi connectivity index (χ2n) is 6.99. The summed E-state index contributed by atoms with van der Waals surface area (Å²) in [5, 5.41) is 0. The maximum Gasteiger partial charge on any atom is 0.344 e. The molecule has 1 aliphatic rings.